The van der Waals surface area contributed by atoms with E-state index in [1.54, 1.807) is 0 Å². The molecule has 1 aliphatic heterocycles. The normalized spacial score (nSPS) is 17.4. The lowest BCUT2D eigenvalue weighted by molar-refractivity contribution is 0.242. The average molecular weight is 511 g/mol. The van der Waals surface area contributed by atoms with E-state index in [2.05, 4.69) is 84.1 Å². The second kappa shape index (κ2) is 10.4. The fourth-order valence-electron chi connectivity index (χ4n) is 5.39. The third-order valence-corrected chi connectivity index (χ3v) is 7.30. The quantitative estimate of drug-likeness (QED) is 0.271. The molecule has 1 N–H and O–H groups in total. The lowest BCUT2D eigenvalue weighted by Gasteiger charge is -2.28. The van der Waals surface area contributed by atoms with Crippen LogP contribution in [0.15, 0.2) is 79.0 Å². The summed E-state index contributed by atoms with van der Waals surface area (Å²) in [4.78, 5) is 6.94. The van der Waals surface area contributed by atoms with Crippen molar-refractivity contribution in [2.75, 3.05) is 4.90 Å². The summed E-state index contributed by atoms with van der Waals surface area (Å²) in [6, 6.07) is 25.1. The number of nitrogens with one attached hydrogen (secondary N) is 1. The van der Waals surface area contributed by atoms with E-state index in [1.807, 2.05) is 44.3 Å². The molecule has 3 heterocycles. The summed E-state index contributed by atoms with van der Waals surface area (Å²) >= 11 is 5.94. The number of aromatic nitrogens is 2. The van der Waals surface area contributed by atoms with Crippen molar-refractivity contribution in [2.24, 2.45) is 0 Å². The number of para-hydroxylation sites is 1. The Morgan fingerprint density at radius 3 is 2.41 bits per heavy atom. The Morgan fingerprint density at radius 1 is 1.00 bits per heavy atom. The van der Waals surface area contributed by atoms with Crippen molar-refractivity contribution < 1.29 is 4.74 Å². The molecule has 190 valence electrons. The highest BCUT2D eigenvalue weighted by molar-refractivity contribution is 7.80. The van der Waals surface area contributed by atoms with Gasteiger partial charge in [-0.05, 0) is 106 Å². The molecule has 0 saturated carbocycles. The van der Waals surface area contributed by atoms with Gasteiger partial charge in [-0.3, -0.25) is 4.98 Å². The van der Waals surface area contributed by atoms with Crippen molar-refractivity contribution in [1.29, 1.82) is 0 Å². The van der Waals surface area contributed by atoms with Crippen LogP contribution in [-0.4, -0.2) is 20.8 Å². The molecule has 5 nitrogen and oxygen atoms in total. The molecule has 0 bridgehead atoms. The zero-order chi connectivity index (χ0) is 26.1. The first-order valence-corrected chi connectivity index (χ1v) is 13.3. The molecule has 0 radical (unpaired) electrons. The topological polar surface area (TPSA) is 42.3 Å². The molecule has 0 spiro atoms. The Bertz CT molecular complexity index is 1390. The summed E-state index contributed by atoms with van der Waals surface area (Å²) in [5.41, 5.74) is 8.19. The molecule has 1 aliphatic rings. The molecule has 1 saturated heterocycles. The molecule has 4 aromatic rings. The van der Waals surface area contributed by atoms with Crippen LogP contribution >= 0.6 is 12.2 Å². The van der Waals surface area contributed by atoms with E-state index in [4.69, 9.17) is 21.9 Å². The number of ether oxygens (including phenoxy) is 1. The molecule has 0 unspecified atom stereocenters. The zero-order valence-electron chi connectivity index (χ0n) is 22.1. The smallest absolute Gasteiger partial charge is 0.174 e. The van der Waals surface area contributed by atoms with Gasteiger partial charge < -0.3 is 19.5 Å². The van der Waals surface area contributed by atoms with E-state index >= 15 is 0 Å². The third-order valence-electron chi connectivity index (χ3n) is 6.99. The van der Waals surface area contributed by atoms with Crippen LogP contribution in [-0.2, 0) is 6.42 Å². The van der Waals surface area contributed by atoms with Gasteiger partial charge in [-0.25, -0.2) is 0 Å². The van der Waals surface area contributed by atoms with Crippen molar-refractivity contribution in [3.63, 3.8) is 0 Å². The van der Waals surface area contributed by atoms with Gasteiger partial charge in [-0.2, -0.15) is 0 Å². The number of hydrogen-bond donors (Lipinski definition) is 1. The van der Waals surface area contributed by atoms with Crippen molar-refractivity contribution in [3.8, 4) is 11.4 Å². The molecule has 2 aromatic carbocycles. The fourth-order valence-corrected chi connectivity index (χ4v) is 5.74. The molecule has 2 aromatic heterocycles. The van der Waals surface area contributed by atoms with E-state index in [0.29, 0.717) is 5.11 Å². The van der Waals surface area contributed by atoms with Gasteiger partial charge >= 0.3 is 0 Å². The largest absolute Gasteiger partial charge is 0.491 e. The first kappa shape index (κ1) is 25.0. The van der Waals surface area contributed by atoms with Gasteiger partial charge in [0.2, 0.25) is 0 Å². The summed E-state index contributed by atoms with van der Waals surface area (Å²) in [7, 11) is 0. The summed E-state index contributed by atoms with van der Waals surface area (Å²) < 4.78 is 8.27. The molecule has 1 fully saturated rings. The van der Waals surface area contributed by atoms with Crippen LogP contribution in [0.4, 0.5) is 5.69 Å². The predicted octanol–water partition coefficient (Wildman–Crippen LogP) is 7.02. The SMILES string of the molecule is CCc1ccccc1-n1c(C)cc([C@H]2[C@@H](c3ccccn3)NC(=S)N2c2ccc(OC(C)C)cc2)c1C. The van der Waals surface area contributed by atoms with Gasteiger partial charge in [0.15, 0.2) is 5.11 Å². The van der Waals surface area contributed by atoms with Gasteiger partial charge in [-0.15, -0.1) is 0 Å². The first-order valence-electron chi connectivity index (χ1n) is 12.9. The number of anilines is 1. The monoisotopic (exact) mass is 510 g/mol. The molecule has 37 heavy (non-hydrogen) atoms. The summed E-state index contributed by atoms with van der Waals surface area (Å²) in [6.07, 6.45) is 2.95. The van der Waals surface area contributed by atoms with Crippen molar-refractivity contribution in [3.05, 3.63) is 107 Å². The summed E-state index contributed by atoms with van der Waals surface area (Å²) in [6.45, 7) is 10.7. The third kappa shape index (κ3) is 4.74. The molecular weight excluding hydrogens is 476 g/mol. The molecule has 5 rings (SSSR count). The van der Waals surface area contributed by atoms with Gasteiger partial charge in [0.1, 0.15) is 5.75 Å². The number of aryl methyl sites for hydroxylation is 2. The van der Waals surface area contributed by atoms with Gasteiger partial charge in [0.05, 0.1) is 23.9 Å². The summed E-state index contributed by atoms with van der Waals surface area (Å²) in [5, 5.41) is 4.28. The minimum absolute atomic E-state index is 0.0620. The maximum atomic E-state index is 5.94. The minimum Gasteiger partial charge on any atom is -0.491 e. The van der Waals surface area contributed by atoms with E-state index in [-0.39, 0.29) is 18.2 Å². The van der Waals surface area contributed by atoms with Crippen LogP contribution in [0.5, 0.6) is 5.75 Å². The minimum atomic E-state index is -0.0874. The molecule has 0 amide bonds. The van der Waals surface area contributed by atoms with E-state index in [1.165, 1.54) is 28.2 Å². The van der Waals surface area contributed by atoms with Crippen LogP contribution < -0.4 is 15.0 Å². The van der Waals surface area contributed by atoms with Gasteiger partial charge in [0.25, 0.3) is 0 Å². The predicted molar refractivity (Wildman–Crippen MR) is 155 cm³/mol. The number of thiocarbonyl (C=S) groups is 1. The highest BCUT2D eigenvalue weighted by atomic mass is 32.1. The standard InChI is InChI=1S/C31H34N4OS/c1-6-23-11-7-8-13-28(23)34-21(4)19-26(22(34)5)30-29(27-12-9-10-18-32-27)33-31(37)35(30)24-14-16-25(17-15-24)36-20(2)3/h7-20,29-30H,6H2,1-5H3,(H,33,37)/t29-,30+/m1/s1. The van der Waals surface area contributed by atoms with Crippen LogP contribution in [0.2, 0.25) is 0 Å². The summed E-state index contributed by atoms with van der Waals surface area (Å²) in [5.74, 6) is 0.851. The Morgan fingerprint density at radius 2 is 1.73 bits per heavy atom. The molecular formula is C31H34N4OS. The second-order valence-corrected chi connectivity index (χ2v) is 10.2. The second-order valence-electron chi connectivity index (χ2n) is 9.80. The highest BCUT2D eigenvalue weighted by Gasteiger charge is 2.42. The number of nitrogens with zero attached hydrogens (tertiary/aromatic N) is 3. The van der Waals surface area contributed by atoms with Gasteiger partial charge in [0, 0.05) is 29.0 Å². The first-order chi connectivity index (χ1) is 17.9. The Labute approximate surface area is 225 Å². The van der Waals surface area contributed by atoms with Crippen LogP contribution in [0.25, 0.3) is 5.69 Å². The number of hydrogen-bond acceptors (Lipinski definition) is 3. The average Bonchev–Trinajstić information content (AvgIpc) is 3.39. The van der Waals surface area contributed by atoms with Crippen molar-refractivity contribution in [2.45, 2.75) is 59.2 Å². The molecule has 2 atom stereocenters. The highest BCUT2D eigenvalue weighted by Crippen LogP contribution is 2.44. The Hall–Kier alpha value is -3.64. The van der Waals surface area contributed by atoms with Crippen LogP contribution in [0, 0.1) is 13.8 Å². The molecule has 0 aliphatic carbocycles. The van der Waals surface area contributed by atoms with Gasteiger partial charge in [-0.1, -0.05) is 31.2 Å². The van der Waals surface area contributed by atoms with Crippen molar-refractivity contribution in [1.82, 2.24) is 14.9 Å². The maximum Gasteiger partial charge on any atom is 0.174 e. The lowest BCUT2D eigenvalue weighted by atomic mass is 9.96. The van der Waals surface area contributed by atoms with Crippen molar-refractivity contribution >= 4 is 23.0 Å². The fraction of sp³-hybridized carbons (Fsp3) is 0.290. The number of rotatable bonds is 7. The van der Waals surface area contributed by atoms with E-state index in [9.17, 15) is 0 Å². The maximum absolute atomic E-state index is 5.94. The lowest BCUT2D eigenvalue weighted by Crippen LogP contribution is -2.29. The van der Waals surface area contributed by atoms with E-state index in [0.717, 1.165) is 23.6 Å². The number of benzene rings is 2. The number of pyridine rings is 1. The van der Waals surface area contributed by atoms with Crippen LogP contribution in [0.3, 0.4) is 0 Å². The Kier molecular flexibility index (Phi) is 7.02. The Balaban J connectivity index is 1.64. The van der Waals surface area contributed by atoms with Crippen LogP contribution in [0.1, 0.15) is 61.1 Å². The zero-order valence-corrected chi connectivity index (χ0v) is 22.9. The molecule has 6 heteroatoms. The van der Waals surface area contributed by atoms with E-state index < -0.39 is 0 Å².